The van der Waals surface area contributed by atoms with Crippen molar-refractivity contribution in [2.24, 2.45) is 4.99 Å². The highest BCUT2D eigenvalue weighted by Crippen LogP contribution is 2.46. The fraction of sp³-hybridized carbons (Fsp3) is 0.318. The number of allylic oxidation sites excluding steroid dienone is 2. The molecule has 2 atom stereocenters. The summed E-state index contributed by atoms with van der Waals surface area (Å²) in [7, 11) is 2.00. The van der Waals surface area contributed by atoms with Crippen LogP contribution >= 0.6 is 0 Å². The van der Waals surface area contributed by atoms with E-state index in [0.717, 1.165) is 11.4 Å². The van der Waals surface area contributed by atoms with Crippen LogP contribution in [0.25, 0.3) is 0 Å². The van der Waals surface area contributed by atoms with Crippen LogP contribution in [0.5, 0.6) is 0 Å². The normalized spacial score (nSPS) is 18.8. The third-order valence-electron chi connectivity index (χ3n) is 5.45. The minimum atomic E-state index is -1.07. The molecule has 0 unspecified atom stereocenters. The summed E-state index contributed by atoms with van der Waals surface area (Å²) in [5, 5.41) is 31.0. The summed E-state index contributed by atoms with van der Waals surface area (Å²) in [6.45, 7) is 3.94. The lowest BCUT2D eigenvalue weighted by molar-refractivity contribution is -0.384. The number of aliphatic imine (C=N–C) groups is 1. The molecule has 1 heterocycles. The van der Waals surface area contributed by atoms with E-state index < -0.39 is 17.1 Å². The fourth-order valence-electron chi connectivity index (χ4n) is 3.77. The first-order valence-corrected chi connectivity index (χ1v) is 9.37. The molecule has 0 radical (unpaired) electrons. The van der Waals surface area contributed by atoms with Gasteiger partial charge in [0.1, 0.15) is 12.1 Å². The van der Waals surface area contributed by atoms with Gasteiger partial charge in [0.2, 0.25) is 0 Å². The van der Waals surface area contributed by atoms with Gasteiger partial charge in [0.05, 0.1) is 11.5 Å². The zero-order valence-corrected chi connectivity index (χ0v) is 16.7. The van der Waals surface area contributed by atoms with Gasteiger partial charge in [-0.05, 0) is 35.4 Å². The topological polar surface area (TPSA) is 99.2 Å². The Bertz CT molecular complexity index is 951. The number of rotatable bonds is 6. The van der Waals surface area contributed by atoms with Gasteiger partial charge >= 0.3 is 0 Å². The number of aliphatic hydroxyl groups excluding tert-OH is 2. The Balaban J connectivity index is 1.80. The van der Waals surface area contributed by atoms with Crippen LogP contribution in [-0.4, -0.2) is 41.0 Å². The predicted octanol–water partition coefficient (Wildman–Crippen LogP) is 3.37. The standard InChI is InChI=1S/C22H25N3O4/c1-22(2)17-6-4-5-7-19(17)24(3)20(22)12-13-23-18(14-26)21(27)15-8-10-16(11-9-15)25(28)29/h4-13,18,21,26-27H,14H2,1-3H3/b20-12-,23-13?/t18-,21-/m1/s1. The monoisotopic (exact) mass is 395 g/mol. The summed E-state index contributed by atoms with van der Waals surface area (Å²) < 4.78 is 0. The molecule has 7 nitrogen and oxygen atoms in total. The van der Waals surface area contributed by atoms with E-state index in [1.165, 1.54) is 29.8 Å². The Morgan fingerprint density at radius 3 is 2.45 bits per heavy atom. The average molecular weight is 395 g/mol. The van der Waals surface area contributed by atoms with Gasteiger partial charge in [-0.2, -0.15) is 0 Å². The summed E-state index contributed by atoms with van der Waals surface area (Å²) in [5.74, 6) is 0. The first-order chi connectivity index (χ1) is 13.8. The molecule has 2 aromatic carbocycles. The second-order valence-electron chi connectivity index (χ2n) is 7.59. The number of nitro groups is 1. The third-order valence-corrected chi connectivity index (χ3v) is 5.45. The van der Waals surface area contributed by atoms with Crippen LogP contribution in [0.1, 0.15) is 31.1 Å². The molecule has 0 saturated heterocycles. The van der Waals surface area contributed by atoms with Crippen molar-refractivity contribution >= 4 is 17.6 Å². The molecule has 0 saturated carbocycles. The van der Waals surface area contributed by atoms with Crippen molar-refractivity contribution in [3.05, 3.63) is 81.5 Å². The third kappa shape index (κ3) is 3.92. The van der Waals surface area contributed by atoms with Gasteiger partial charge < -0.3 is 15.1 Å². The molecule has 1 aliphatic rings. The largest absolute Gasteiger partial charge is 0.394 e. The van der Waals surface area contributed by atoms with Crippen molar-refractivity contribution in [1.29, 1.82) is 0 Å². The van der Waals surface area contributed by atoms with E-state index in [0.29, 0.717) is 5.56 Å². The number of fused-ring (bicyclic) bond motifs is 1. The number of non-ortho nitro benzene ring substituents is 1. The highest BCUT2D eigenvalue weighted by atomic mass is 16.6. The first-order valence-electron chi connectivity index (χ1n) is 9.37. The van der Waals surface area contributed by atoms with Crippen molar-refractivity contribution in [3.8, 4) is 0 Å². The molecule has 0 spiro atoms. The molecule has 3 rings (SSSR count). The minimum Gasteiger partial charge on any atom is -0.394 e. The van der Waals surface area contributed by atoms with Crippen LogP contribution in [0.3, 0.4) is 0 Å². The molecule has 0 bridgehead atoms. The van der Waals surface area contributed by atoms with Crippen LogP contribution in [-0.2, 0) is 5.41 Å². The first kappa shape index (κ1) is 20.7. The second-order valence-corrected chi connectivity index (χ2v) is 7.59. The van der Waals surface area contributed by atoms with Gasteiger partial charge in [-0.25, -0.2) is 0 Å². The summed E-state index contributed by atoms with van der Waals surface area (Å²) in [5.41, 5.74) is 3.65. The van der Waals surface area contributed by atoms with Gasteiger partial charge in [-0.3, -0.25) is 15.1 Å². The number of hydrogen-bond acceptors (Lipinski definition) is 6. The molecule has 29 heavy (non-hydrogen) atoms. The van der Waals surface area contributed by atoms with E-state index in [1.807, 2.05) is 25.3 Å². The van der Waals surface area contributed by atoms with Crippen LogP contribution in [0.15, 0.2) is 65.3 Å². The van der Waals surface area contributed by atoms with Crippen LogP contribution in [0, 0.1) is 10.1 Å². The highest BCUT2D eigenvalue weighted by Gasteiger charge is 2.37. The molecule has 2 N–H and O–H groups in total. The minimum absolute atomic E-state index is 0.0548. The van der Waals surface area contributed by atoms with Gasteiger partial charge in [0.25, 0.3) is 5.69 Å². The average Bonchev–Trinajstić information content (AvgIpc) is 2.91. The van der Waals surface area contributed by atoms with E-state index >= 15 is 0 Å². The fourth-order valence-corrected chi connectivity index (χ4v) is 3.77. The lowest BCUT2D eigenvalue weighted by Gasteiger charge is -2.23. The van der Waals surface area contributed by atoms with E-state index in [1.54, 1.807) is 6.21 Å². The van der Waals surface area contributed by atoms with Crippen molar-refractivity contribution in [3.63, 3.8) is 0 Å². The maximum Gasteiger partial charge on any atom is 0.269 e. The zero-order valence-electron chi connectivity index (χ0n) is 16.7. The predicted molar refractivity (Wildman–Crippen MR) is 113 cm³/mol. The molecule has 0 fully saturated rings. The maximum absolute atomic E-state index is 10.8. The Labute approximate surface area is 169 Å². The Morgan fingerprint density at radius 1 is 1.21 bits per heavy atom. The number of benzene rings is 2. The van der Waals surface area contributed by atoms with Crippen LogP contribution in [0.2, 0.25) is 0 Å². The second kappa shape index (κ2) is 8.14. The van der Waals surface area contributed by atoms with Gasteiger partial charge in [0, 0.05) is 42.2 Å². The number of likely N-dealkylation sites (N-methyl/N-ethyl adjacent to an activating group) is 1. The number of para-hydroxylation sites is 1. The molecule has 0 aliphatic carbocycles. The number of nitro benzene ring substituents is 1. The van der Waals surface area contributed by atoms with Crippen LogP contribution in [0.4, 0.5) is 11.4 Å². The van der Waals surface area contributed by atoms with Gasteiger partial charge in [-0.1, -0.05) is 32.0 Å². The summed E-state index contributed by atoms with van der Waals surface area (Å²) in [4.78, 5) is 16.7. The quantitative estimate of drug-likeness (QED) is 0.444. The van der Waals surface area contributed by atoms with Crippen molar-refractivity contribution in [1.82, 2.24) is 0 Å². The summed E-state index contributed by atoms with van der Waals surface area (Å²) in [6.07, 6.45) is 2.43. The lowest BCUT2D eigenvalue weighted by Crippen LogP contribution is -2.23. The Kier molecular flexibility index (Phi) is 5.81. The number of aliphatic hydroxyl groups is 2. The van der Waals surface area contributed by atoms with Gasteiger partial charge in [-0.15, -0.1) is 0 Å². The number of hydrogen-bond donors (Lipinski definition) is 2. The Morgan fingerprint density at radius 2 is 1.86 bits per heavy atom. The molecule has 1 aliphatic heterocycles. The smallest absolute Gasteiger partial charge is 0.269 e. The van der Waals surface area contributed by atoms with E-state index in [2.05, 4.69) is 35.9 Å². The van der Waals surface area contributed by atoms with Crippen molar-refractivity contribution in [2.45, 2.75) is 31.4 Å². The van der Waals surface area contributed by atoms with Gasteiger partial charge in [0.15, 0.2) is 0 Å². The zero-order chi connectivity index (χ0) is 21.2. The van der Waals surface area contributed by atoms with Crippen molar-refractivity contribution in [2.75, 3.05) is 18.6 Å². The van der Waals surface area contributed by atoms with E-state index in [9.17, 15) is 20.3 Å². The van der Waals surface area contributed by atoms with Crippen LogP contribution < -0.4 is 4.90 Å². The summed E-state index contributed by atoms with van der Waals surface area (Å²) >= 11 is 0. The molecule has 0 aromatic heterocycles. The molecule has 2 aromatic rings. The van der Waals surface area contributed by atoms with E-state index in [-0.39, 0.29) is 17.7 Å². The lowest BCUT2D eigenvalue weighted by atomic mass is 9.84. The Hall–Kier alpha value is -3.03. The molecular weight excluding hydrogens is 370 g/mol. The number of anilines is 1. The number of nitrogens with zero attached hydrogens (tertiary/aromatic N) is 3. The maximum atomic E-state index is 10.8. The molecular formula is C22H25N3O4. The molecule has 7 heteroatoms. The molecule has 152 valence electrons. The highest BCUT2D eigenvalue weighted by molar-refractivity contribution is 5.79. The molecule has 0 amide bonds. The van der Waals surface area contributed by atoms with Crippen molar-refractivity contribution < 1.29 is 15.1 Å². The SMILES string of the molecule is CN1/C(=C\C=N[C@H](CO)[C@H](O)c2ccc([N+](=O)[O-])cc2)C(C)(C)c2ccccc21. The van der Waals surface area contributed by atoms with E-state index in [4.69, 9.17) is 0 Å². The summed E-state index contributed by atoms with van der Waals surface area (Å²) in [6, 6.07) is 13.0.